The minimum absolute atomic E-state index is 0. The van der Waals surface area contributed by atoms with E-state index in [0.717, 1.165) is 31.2 Å². The van der Waals surface area contributed by atoms with E-state index in [2.05, 4.69) is 25.7 Å². The van der Waals surface area contributed by atoms with Gasteiger partial charge in [-0.2, -0.15) is 4.98 Å². The van der Waals surface area contributed by atoms with E-state index in [4.69, 9.17) is 10.3 Å². The molecule has 27 heavy (non-hydrogen) atoms. The topological polar surface area (TPSA) is 109 Å². The molecule has 0 bridgehead atoms. The van der Waals surface area contributed by atoms with Crippen molar-refractivity contribution in [1.82, 2.24) is 30.3 Å². The molecule has 0 saturated heterocycles. The maximum Gasteiger partial charge on any atom is 0.252 e. The summed E-state index contributed by atoms with van der Waals surface area (Å²) in [6.07, 6.45) is 4.30. The van der Waals surface area contributed by atoms with Gasteiger partial charge in [0, 0.05) is 6.42 Å². The number of hydrogen-bond acceptors (Lipinski definition) is 7. The molecule has 1 aliphatic carbocycles. The Hall–Kier alpha value is -2.39. The SMILES string of the molecule is Cc1nnnn1C(Cc1ccc(F)cc1)c1nc(C2(N)CCCC2)no1.Cl. The third kappa shape index (κ3) is 3.84. The van der Waals surface area contributed by atoms with Gasteiger partial charge in [0.25, 0.3) is 5.89 Å². The largest absolute Gasteiger partial charge is 0.337 e. The van der Waals surface area contributed by atoms with Crippen LogP contribution in [0.15, 0.2) is 28.8 Å². The molecule has 2 N–H and O–H groups in total. The monoisotopic (exact) mass is 393 g/mol. The fraction of sp³-hybridized carbons (Fsp3) is 0.471. The highest BCUT2D eigenvalue weighted by Crippen LogP contribution is 2.35. The van der Waals surface area contributed by atoms with Crippen molar-refractivity contribution in [1.29, 1.82) is 0 Å². The normalized spacial score (nSPS) is 16.9. The lowest BCUT2D eigenvalue weighted by atomic mass is 9.98. The van der Waals surface area contributed by atoms with Crippen LogP contribution in [0, 0.1) is 12.7 Å². The van der Waals surface area contributed by atoms with Gasteiger partial charge in [-0.15, -0.1) is 17.5 Å². The Morgan fingerprint density at radius 3 is 2.59 bits per heavy atom. The van der Waals surface area contributed by atoms with Crippen LogP contribution >= 0.6 is 12.4 Å². The van der Waals surface area contributed by atoms with Crippen molar-refractivity contribution in [3.05, 3.63) is 53.2 Å². The molecule has 1 saturated carbocycles. The Bertz CT molecular complexity index is 889. The van der Waals surface area contributed by atoms with Gasteiger partial charge in [-0.05, 0) is 47.9 Å². The Balaban J connectivity index is 0.00000210. The van der Waals surface area contributed by atoms with E-state index in [1.807, 2.05) is 0 Å². The Morgan fingerprint density at radius 1 is 1.26 bits per heavy atom. The molecule has 8 nitrogen and oxygen atoms in total. The van der Waals surface area contributed by atoms with Gasteiger partial charge in [0.1, 0.15) is 17.7 Å². The van der Waals surface area contributed by atoms with Gasteiger partial charge >= 0.3 is 0 Å². The highest BCUT2D eigenvalue weighted by Gasteiger charge is 2.37. The molecule has 1 unspecified atom stereocenters. The molecular formula is C17H21ClFN7O. The van der Waals surface area contributed by atoms with E-state index in [1.54, 1.807) is 23.7 Å². The van der Waals surface area contributed by atoms with Crippen LogP contribution in [-0.4, -0.2) is 30.3 Å². The lowest BCUT2D eigenvalue weighted by Gasteiger charge is -2.18. The van der Waals surface area contributed by atoms with E-state index in [9.17, 15) is 4.39 Å². The van der Waals surface area contributed by atoms with Crippen molar-refractivity contribution in [3.63, 3.8) is 0 Å². The van der Waals surface area contributed by atoms with E-state index in [-0.39, 0.29) is 24.3 Å². The van der Waals surface area contributed by atoms with Crippen molar-refractivity contribution >= 4 is 12.4 Å². The number of nitrogens with zero attached hydrogens (tertiary/aromatic N) is 6. The summed E-state index contributed by atoms with van der Waals surface area (Å²) in [4.78, 5) is 4.58. The smallest absolute Gasteiger partial charge is 0.252 e. The Morgan fingerprint density at radius 2 is 1.96 bits per heavy atom. The zero-order chi connectivity index (χ0) is 18.1. The summed E-state index contributed by atoms with van der Waals surface area (Å²) < 4.78 is 20.4. The fourth-order valence-electron chi connectivity index (χ4n) is 3.45. The predicted octanol–water partition coefficient (Wildman–Crippen LogP) is 2.49. The van der Waals surface area contributed by atoms with E-state index in [1.165, 1.54) is 12.1 Å². The van der Waals surface area contributed by atoms with Crippen molar-refractivity contribution in [2.75, 3.05) is 0 Å². The number of aromatic nitrogens is 6. The average molecular weight is 394 g/mol. The van der Waals surface area contributed by atoms with Crippen LogP contribution in [0.5, 0.6) is 0 Å². The van der Waals surface area contributed by atoms with Gasteiger partial charge in [-0.3, -0.25) is 0 Å². The molecule has 1 aliphatic rings. The summed E-state index contributed by atoms with van der Waals surface area (Å²) in [5, 5.41) is 15.8. The standard InChI is InChI=1S/C17H20FN7O.ClH/c1-11-21-23-24-25(11)14(10-12-4-6-13(18)7-5-12)15-20-16(22-26-15)17(19)8-2-3-9-17;/h4-7,14H,2-3,8-10,19H2,1H3;1H. The van der Waals surface area contributed by atoms with Crippen LogP contribution in [0.2, 0.25) is 0 Å². The third-order valence-corrected chi connectivity index (χ3v) is 4.96. The lowest BCUT2D eigenvalue weighted by Crippen LogP contribution is -2.34. The summed E-state index contributed by atoms with van der Waals surface area (Å²) in [5.41, 5.74) is 6.82. The van der Waals surface area contributed by atoms with Gasteiger partial charge < -0.3 is 10.3 Å². The van der Waals surface area contributed by atoms with E-state index < -0.39 is 5.54 Å². The van der Waals surface area contributed by atoms with Crippen molar-refractivity contribution < 1.29 is 8.91 Å². The Labute approximate surface area is 161 Å². The molecule has 2 heterocycles. The summed E-state index contributed by atoms with van der Waals surface area (Å²) in [6, 6.07) is 5.90. The minimum atomic E-state index is -0.530. The minimum Gasteiger partial charge on any atom is -0.337 e. The molecule has 0 radical (unpaired) electrons. The second-order valence-corrected chi connectivity index (χ2v) is 6.84. The number of hydrogen-bond donors (Lipinski definition) is 1. The summed E-state index contributed by atoms with van der Waals surface area (Å²) >= 11 is 0. The number of aryl methyl sites for hydroxylation is 1. The van der Waals surface area contributed by atoms with Crippen molar-refractivity contribution in [2.24, 2.45) is 5.73 Å². The van der Waals surface area contributed by atoms with Gasteiger partial charge in [-0.1, -0.05) is 30.1 Å². The lowest BCUT2D eigenvalue weighted by molar-refractivity contribution is 0.309. The molecule has 1 atom stereocenters. The average Bonchev–Trinajstić information content (AvgIpc) is 3.36. The highest BCUT2D eigenvalue weighted by atomic mass is 35.5. The molecule has 2 aromatic heterocycles. The first-order valence-electron chi connectivity index (χ1n) is 8.67. The molecule has 0 amide bonds. The molecule has 4 rings (SSSR count). The molecule has 0 aliphatic heterocycles. The van der Waals surface area contributed by atoms with Crippen LogP contribution in [-0.2, 0) is 12.0 Å². The van der Waals surface area contributed by atoms with Crippen molar-refractivity contribution in [2.45, 2.75) is 50.6 Å². The second-order valence-electron chi connectivity index (χ2n) is 6.84. The predicted molar refractivity (Wildman–Crippen MR) is 96.7 cm³/mol. The molecule has 3 aromatic rings. The Kier molecular flexibility index (Phi) is 5.52. The maximum atomic E-state index is 13.2. The zero-order valence-electron chi connectivity index (χ0n) is 14.9. The highest BCUT2D eigenvalue weighted by molar-refractivity contribution is 5.85. The number of rotatable bonds is 5. The second kappa shape index (κ2) is 7.69. The van der Waals surface area contributed by atoms with E-state index >= 15 is 0 Å². The van der Waals surface area contributed by atoms with Gasteiger partial charge in [-0.25, -0.2) is 9.07 Å². The quantitative estimate of drug-likeness (QED) is 0.709. The molecule has 0 spiro atoms. The van der Waals surface area contributed by atoms with Crippen LogP contribution in [0.1, 0.15) is 54.8 Å². The molecule has 1 fully saturated rings. The first-order chi connectivity index (χ1) is 12.5. The number of nitrogens with two attached hydrogens (primary N) is 1. The number of tetrazole rings is 1. The van der Waals surface area contributed by atoms with Crippen LogP contribution in [0.4, 0.5) is 4.39 Å². The van der Waals surface area contributed by atoms with Crippen LogP contribution < -0.4 is 5.73 Å². The first kappa shape index (κ1) is 19.4. The van der Waals surface area contributed by atoms with Gasteiger partial charge in [0.2, 0.25) is 0 Å². The third-order valence-electron chi connectivity index (χ3n) is 4.96. The van der Waals surface area contributed by atoms with Crippen LogP contribution in [0.3, 0.4) is 0 Å². The molecule has 1 aromatic carbocycles. The molecular weight excluding hydrogens is 373 g/mol. The van der Waals surface area contributed by atoms with Crippen molar-refractivity contribution in [3.8, 4) is 0 Å². The van der Waals surface area contributed by atoms with Gasteiger partial charge in [0.15, 0.2) is 5.82 Å². The summed E-state index contributed by atoms with van der Waals surface area (Å²) in [5.74, 6) is 1.27. The van der Waals surface area contributed by atoms with Crippen LogP contribution in [0.25, 0.3) is 0 Å². The number of benzene rings is 1. The fourth-order valence-corrected chi connectivity index (χ4v) is 3.45. The summed E-state index contributed by atoms with van der Waals surface area (Å²) in [6.45, 7) is 1.80. The van der Waals surface area contributed by atoms with E-state index in [0.29, 0.717) is 24.0 Å². The maximum absolute atomic E-state index is 13.2. The summed E-state index contributed by atoms with van der Waals surface area (Å²) in [7, 11) is 0. The molecule has 10 heteroatoms. The number of halogens is 2. The zero-order valence-corrected chi connectivity index (χ0v) is 15.7. The van der Waals surface area contributed by atoms with Gasteiger partial charge in [0.05, 0.1) is 5.54 Å². The first-order valence-corrected chi connectivity index (χ1v) is 8.67. The molecule has 144 valence electrons.